The zero-order chi connectivity index (χ0) is 29.0. The summed E-state index contributed by atoms with van der Waals surface area (Å²) < 4.78 is 39.1. The Morgan fingerprint density at radius 2 is 1.95 bits per heavy atom. The summed E-state index contributed by atoms with van der Waals surface area (Å²) in [5.74, 6) is -2.40. The third kappa shape index (κ3) is 6.41. The van der Waals surface area contributed by atoms with E-state index in [1.54, 1.807) is 5.32 Å². The van der Waals surface area contributed by atoms with Crippen LogP contribution in [0, 0.1) is 18.3 Å². The molecule has 1 aromatic carbocycles. The van der Waals surface area contributed by atoms with Crippen molar-refractivity contribution in [3.05, 3.63) is 63.9 Å². The van der Waals surface area contributed by atoms with Crippen LogP contribution < -0.4 is 15.5 Å². The van der Waals surface area contributed by atoms with Crippen molar-refractivity contribution in [2.75, 3.05) is 25.0 Å². The predicted octanol–water partition coefficient (Wildman–Crippen LogP) is 3.78. The molecule has 16 heteroatoms. The van der Waals surface area contributed by atoms with Crippen molar-refractivity contribution in [3.8, 4) is 17.8 Å². The lowest BCUT2D eigenvalue weighted by Gasteiger charge is -2.28. The van der Waals surface area contributed by atoms with E-state index in [2.05, 4.69) is 15.4 Å². The van der Waals surface area contributed by atoms with E-state index in [9.17, 15) is 32.8 Å². The van der Waals surface area contributed by atoms with Gasteiger partial charge in [-0.15, -0.1) is 5.10 Å². The molecule has 0 saturated carbocycles. The Balaban J connectivity index is 1.67. The SMILES string of the molecule is Cc1cc(C#N)cc(C(=O)NCC(F)(F)F)c1NC(=O)c1cc(OOC(=O)N2CCC2)nn1-c1ncccc1Cl. The summed E-state index contributed by atoms with van der Waals surface area (Å²) in [6, 6.07) is 8.32. The first-order valence-electron chi connectivity index (χ1n) is 11.5. The number of alkyl halides is 3. The van der Waals surface area contributed by atoms with Gasteiger partial charge in [0.15, 0.2) is 5.82 Å². The summed E-state index contributed by atoms with van der Waals surface area (Å²) in [6.07, 6.45) is -3.25. The Kier molecular flexibility index (Phi) is 8.10. The van der Waals surface area contributed by atoms with Crippen molar-refractivity contribution in [3.63, 3.8) is 0 Å². The highest BCUT2D eigenvalue weighted by Gasteiger charge is 2.30. The molecule has 0 atom stereocenters. The molecular weight excluding hydrogens is 559 g/mol. The lowest BCUT2D eigenvalue weighted by molar-refractivity contribution is -0.161. The second kappa shape index (κ2) is 11.5. The maximum Gasteiger partial charge on any atom is 0.452 e. The Morgan fingerprint density at radius 3 is 2.58 bits per heavy atom. The van der Waals surface area contributed by atoms with E-state index in [4.69, 9.17) is 21.4 Å². The highest BCUT2D eigenvalue weighted by molar-refractivity contribution is 6.32. The molecule has 0 unspecified atom stereocenters. The van der Waals surface area contributed by atoms with Crippen molar-refractivity contribution in [1.82, 2.24) is 25.0 Å². The number of aromatic nitrogens is 3. The number of amides is 3. The Morgan fingerprint density at radius 1 is 1.20 bits per heavy atom. The molecule has 3 amide bonds. The van der Waals surface area contributed by atoms with Gasteiger partial charge in [-0.25, -0.2) is 19.3 Å². The van der Waals surface area contributed by atoms with Gasteiger partial charge in [-0.2, -0.15) is 18.4 Å². The lowest BCUT2D eigenvalue weighted by atomic mass is 10.0. The summed E-state index contributed by atoms with van der Waals surface area (Å²) >= 11 is 6.23. The molecule has 12 nitrogen and oxygen atoms in total. The molecule has 0 aliphatic carbocycles. The number of likely N-dealkylation sites (tertiary alicyclic amines) is 1. The molecule has 3 aromatic rings. The Hall–Kier alpha value is -4.84. The van der Waals surface area contributed by atoms with Crippen molar-refractivity contribution in [2.24, 2.45) is 0 Å². The number of nitrogens with one attached hydrogen (secondary N) is 2. The fraction of sp³-hybridized carbons (Fsp3) is 0.250. The topological polar surface area (TPSA) is 151 Å². The number of nitrogens with zero attached hydrogens (tertiary/aromatic N) is 5. The molecule has 1 aliphatic rings. The number of nitriles is 1. The van der Waals surface area contributed by atoms with Crippen LogP contribution in [0.4, 0.5) is 23.7 Å². The number of pyridine rings is 1. The minimum Gasteiger partial charge on any atom is -0.343 e. The zero-order valence-electron chi connectivity index (χ0n) is 20.6. The van der Waals surface area contributed by atoms with Gasteiger partial charge in [0.05, 0.1) is 27.9 Å². The number of rotatable bonds is 7. The third-order valence-electron chi connectivity index (χ3n) is 5.57. The minimum atomic E-state index is -4.69. The minimum absolute atomic E-state index is 0.00192. The summed E-state index contributed by atoms with van der Waals surface area (Å²) in [5.41, 5.74) is -0.587. The number of halogens is 4. The Labute approximate surface area is 229 Å². The van der Waals surface area contributed by atoms with Crippen LogP contribution in [0.5, 0.6) is 5.88 Å². The quantitative estimate of drug-likeness (QED) is 0.318. The van der Waals surface area contributed by atoms with Crippen LogP contribution in [-0.2, 0) is 4.89 Å². The monoisotopic (exact) mass is 577 g/mol. The molecule has 1 aliphatic heterocycles. The van der Waals surface area contributed by atoms with E-state index in [1.807, 2.05) is 6.07 Å². The van der Waals surface area contributed by atoms with E-state index in [0.29, 0.717) is 13.1 Å². The maximum absolute atomic E-state index is 13.4. The van der Waals surface area contributed by atoms with Gasteiger partial charge >= 0.3 is 12.3 Å². The summed E-state index contributed by atoms with van der Waals surface area (Å²) in [4.78, 5) is 53.3. The largest absolute Gasteiger partial charge is 0.452 e. The normalized spacial score (nSPS) is 12.7. The van der Waals surface area contributed by atoms with Crippen LogP contribution in [0.2, 0.25) is 5.02 Å². The number of carbonyl (C=O) groups excluding carboxylic acids is 3. The summed E-state index contributed by atoms with van der Waals surface area (Å²) in [7, 11) is 0. The number of hydrogen-bond acceptors (Lipinski definition) is 8. The predicted molar refractivity (Wildman–Crippen MR) is 132 cm³/mol. The molecule has 2 aromatic heterocycles. The molecule has 0 spiro atoms. The first-order valence-corrected chi connectivity index (χ1v) is 11.9. The highest BCUT2D eigenvalue weighted by Crippen LogP contribution is 2.27. The van der Waals surface area contributed by atoms with E-state index in [-0.39, 0.29) is 44.8 Å². The van der Waals surface area contributed by atoms with Crippen LogP contribution in [-0.4, -0.2) is 63.4 Å². The van der Waals surface area contributed by atoms with Crippen LogP contribution >= 0.6 is 11.6 Å². The molecule has 1 saturated heterocycles. The van der Waals surface area contributed by atoms with Crippen molar-refractivity contribution >= 4 is 35.2 Å². The van der Waals surface area contributed by atoms with E-state index in [1.165, 1.54) is 36.2 Å². The lowest BCUT2D eigenvalue weighted by Crippen LogP contribution is -2.42. The van der Waals surface area contributed by atoms with Crippen LogP contribution in [0.25, 0.3) is 5.82 Å². The van der Waals surface area contributed by atoms with Crippen molar-refractivity contribution < 1.29 is 37.3 Å². The second-order valence-corrected chi connectivity index (χ2v) is 8.85. The average molecular weight is 578 g/mol. The van der Waals surface area contributed by atoms with Gasteiger partial charge in [-0.1, -0.05) is 11.6 Å². The highest BCUT2D eigenvalue weighted by atomic mass is 35.5. The number of hydrogen-bond donors (Lipinski definition) is 2. The molecule has 0 radical (unpaired) electrons. The standard InChI is InChI=1S/C24H19ClF3N7O5/c1-13-8-14(11-29)9-15(21(36)31-12-24(26,27)28)19(13)32-22(37)17-10-18(39-40-23(38)34-6-3-7-34)33-35(17)20-16(25)4-2-5-30-20/h2,4-5,8-10H,3,6-7,12H2,1H3,(H,31,36)(H,32,37). The average Bonchev–Trinajstić information content (AvgIpc) is 3.30. The van der Waals surface area contributed by atoms with E-state index in [0.717, 1.165) is 23.2 Å². The summed E-state index contributed by atoms with van der Waals surface area (Å²) in [5, 5.41) is 17.7. The molecule has 2 N–H and O–H groups in total. The molecule has 1 fully saturated rings. The first-order chi connectivity index (χ1) is 19.0. The van der Waals surface area contributed by atoms with Crippen LogP contribution in [0.1, 0.15) is 38.4 Å². The van der Waals surface area contributed by atoms with Crippen LogP contribution in [0.3, 0.4) is 0 Å². The zero-order valence-corrected chi connectivity index (χ0v) is 21.3. The first kappa shape index (κ1) is 28.2. The van der Waals surface area contributed by atoms with Crippen molar-refractivity contribution in [2.45, 2.75) is 19.5 Å². The molecule has 40 heavy (non-hydrogen) atoms. The number of anilines is 1. The van der Waals surface area contributed by atoms with Crippen molar-refractivity contribution in [1.29, 1.82) is 5.26 Å². The van der Waals surface area contributed by atoms with E-state index >= 15 is 0 Å². The molecule has 4 rings (SSSR count). The number of carbonyl (C=O) groups is 3. The van der Waals surface area contributed by atoms with Gasteiger partial charge in [0.2, 0.25) is 0 Å². The fourth-order valence-corrected chi connectivity index (χ4v) is 3.74. The number of aryl methyl sites for hydroxylation is 1. The van der Waals surface area contributed by atoms with Gasteiger partial charge < -0.3 is 15.5 Å². The third-order valence-corrected chi connectivity index (χ3v) is 5.86. The molecule has 0 bridgehead atoms. The van der Waals surface area contributed by atoms with Gasteiger partial charge in [0.1, 0.15) is 12.2 Å². The fourth-order valence-electron chi connectivity index (χ4n) is 3.54. The molecule has 208 valence electrons. The number of benzene rings is 1. The van der Waals surface area contributed by atoms with Gasteiger partial charge in [0, 0.05) is 25.4 Å². The molecule has 3 heterocycles. The van der Waals surface area contributed by atoms with E-state index < -0.39 is 30.6 Å². The Bertz CT molecular complexity index is 1520. The molecular formula is C24H19ClF3N7O5. The van der Waals surface area contributed by atoms with Crippen LogP contribution in [0.15, 0.2) is 36.5 Å². The summed E-state index contributed by atoms with van der Waals surface area (Å²) in [6.45, 7) is 0.817. The van der Waals surface area contributed by atoms with Gasteiger partial charge in [-0.3, -0.25) is 14.5 Å². The maximum atomic E-state index is 13.4. The van der Waals surface area contributed by atoms with Gasteiger partial charge in [-0.05, 0) is 43.2 Å². The smallest absolute Gasteiger partial charge is 0.343 e. The van der Waals surface area contributed by atoms with Gasteiger partial charge in [0.25, 0.3) is 17.7 Å². The second-order valence-electron chi connectivity index (χ2n) is 8.44.